The number of anilines is 3. The second kappa shape index (κ2) is 23.4. The van der Waals surface area contributed by atoms with Gasteiger partial charge >= 0.3 is 0 Å². The molecule has 0 aliphatic rings. The molecule has 2 amide bonds. The number of hydrogen-bond acceptors (Lipinski definition) is 6. The lowest BCUT2D eigenvalue weighted by atomic mass is 10.1. The number of hydrogen-bond donors (Lipinski definition) is 1. The van der Waals surface area contributed by atoms with Crippen molar-refractivity contribution in [1.82, 2.24) is 15.0 Å². The zero-order valence-electron chi connectivity index (χ0n) is 34.8. The number of aromatic nitrogens is 2. The third-order valence-corrected chi connectivity index (χ3v) is 10.1. The highest BCUT2D eigenvalue weighted by Gasteiger charge is 2.23. The second-order valence-corrected chi connectivity index (χ2v) is 14.7. The van der Waals surface area contributed by atoms with Crippen molar-refractivity contribution >= 4 is 50.7 Å². The van der Waals surface area contributed by atoms with Crippen LogP contribution in [0.3, 0.4) is 0 Å². The molecule has 4 aromatic carbocycles. The summed E-state index contributed by atoms with van der Waals surface area (Å²) in [6.07, 6.45) is 19.8. The van der Waals surface area contributed by atoms with Crippen LogP contribution in [0.1, 0.15) is 98.8 Å². The van der Waals surface area contributed by atoms with Gasteiger partial charge in [0.2, 0.25) is 0 Å². The summed E-state index contributed by atoms with van der Waals surface area (Å²) >= 11 is 0. The maximum absolute atomic E-state index is 13.3. The minimum atomic E-state index is -0.112. The Morgan fingerprint density at radius 2 is 1.26 bits per heavy atom. The van der Waals surface area contributed by atoms with Crippen molar-refractivity contribution in [3.63, 3.8) is 0 Å². The molecule has 0 atom stereocenters. The number of hydrazine groups is 1. The van der Waals surface area contributed by atoms with E-state index in [0.717, 1.165) is 72.0 Å². The highest BCUT2D eigenvalue weighted by Crippen LogP contribution is 2.25. The monoisotopic (exact) mass is 776 g/mol. The Labute approximate surface area is 345 Å². The molecule has 0 unspecified atom stereocenters. The van der Waals surface area contributed by atoms with E-state index in [0.29, 0.717) is 16.8 Å². The van der Waals surface area contributed by atoms with Crippen molar-refractivity contribution in [2.24, 2.45) is 0 Å². The SMILES string of the molecule is CCC=CCCCCCN(C)c1ccccc1C(=O)Nc1cnc2ccccc2c1.CCCCCCCN(C)N(C(=O)c1ccccc1)c1cnc2ccccc2c1. The number of allylic oxidation sites excluding steroid dienone is 2. The van der Waals surface area contributed by atoms with E-state index >= 15 is 0 Å². The third-order valence-electron chi connectivity index (χ3n) is 10.1. The van der Waals surface area contributed by atoms with Gasteiger partial charge in [-0.25, -0.2) is 10.0 Å². The average Bonchev–Trinajstić information content (AvgIpc) is 3.26. The number of fused-ring (bicyclic) bond motifs is 2. The fourth-order valence-corrected chi connectivity index (χ4v) is 6.92. The molecule has 6 aromatic rings. The molecule has 2 heterocycles. The van der Waals surface area contributed by atoms with Gasteiger partial charge in [-0.05, 0) is 80.6 Å². The maximum Gasteiger partial charge on any atom is 0.272 e. The van der Waals surface area contributed by atoms with Crippen molar-refractivity contribution in [2.75, 3.05) is 42.4 Å². The minimum absolute atomic E-state index is 0.0336. The van der Waals surface area contributed by atoms with Crippen LogP contribution >= 0.6 is 0 Å². The highest BCUT2D eigenvalue weighted by atomic mass is 16.2. The van der Waals surface area contributed by atoms with Crippen molar-refractivity contribution in [3.8, 4) is 0 Å². The van der Waals surface area contributed by atoms with Crippen LogP contribution in [0.25, 0.3) is 21.8 Å². The molecule has 0 bridgehead atoms. The summed E-state index contributed by atoms with van der Waals surface area (Å²) in [5.41, 5.74) is 5.66. The molecule has 0 saturated heterocycles. The Balaban J connectivity index is 0.000000221. The van der Waals surface area contributed by atoms with Crippen LogP contribution in [0.15, 0.2) is 140 Å². The summed E-state index contributed by atoms with van der Waals surface area (Å²) < 4.78 is 0. The molecule has 0 fully saturated rings. The van der Waals surface area contributed by atoms with Gasteiger partial charge in [-0.1, -0.05) is 125 Å². The molecule has 2 aromatic heterocycles. The van der Waals surface area contributed by atoms with Crippen LogP contribution in [-0.2, 0) is 0 Å². The number of benzene rings is 4. The largest absolute Gasteiger partial charge is 0.374 e. The lowest BCUT2D eigenvalue weighted by Gasteiger charge is -2.32. The first-order chi connectivity index (χ1) is 28.4. The molecule has 8 heteroatoms. The van der Waals surface area contributed by atoms with Gasteiger partial charge in [0.05, 0.1) is 40.4 Å². The summed E-state index contributed by atoms with van der Waals surface area (Å²) in [6, 6.07) is 37.1. The molecule has 58 heavy (non-hydrogen) atoms. The van der Waals surface area contributed by atoms with Crippen LogP contribution in [-0.4, -0.2) is 54.0 Å². The van der Waals surface area contributed by atoms with Crippen LogP contribution in [0.2, 0.25) is 0 Å². The summed E-state index contributed by atoms with van der Waals surface area (Å²) in [4.78, 5) is 37.5. The minimum Gasteiger partial charge on any atom is -0.374 e. The summed E-state index contributed by atoms with van der Waals surface area (Å²) in [5.74, 6) is -0.145. The van der Waals surface area contributed by atoms with E-state index in [4.69, 9.17) is 0 Å². The number of carbonyl (C=O) groups is 2. The van der Waals surface area contributed by atoms with Gasteiger partial charge in [0.15, 0.2) is 0 Å². The van der Waals surface area contributed by atoms with E-state index in [1.165, 1.54) is 38.5 Å². The predicted octanol–water partition coefficient (Wildman–Crippen LogP) is 12.1. The Kier molecular flexibility index (Phi) is 17.4. The lowest BCUT2D eigenvalue weighted by Crippen LogP contribution is -2.45. The molecule has 0 aliphatic carbocycles. The Bertz CT molecular complexity index is 2200. The number of carbonyl (C=O) groups excluding carboxylic acids is 2. The van der Waals surface area contributed by atoms with Crippen LogP contribution in [0.5, 0.6) is 0 Å². The quantitative estimate of drug-likeness (QED) is 0.0501. The van der Waals surface area contributed by atoms with Crippen molar-refractivity contribution in [1.29, 1.82) is 0 Å². The first-order valence-electron chi connectivity index (χ1n) is 21.0. The van der Waals surface area contributed by atoms with E-state index in [1.54, 1.807) is 17.4 Å². The number of pyridine rings is 2. The zero-order chi connectivity index (χ0) is 41.0. The Morgan fingerprint density at radius 3 is 2.00 bits per heavy atom. The number of unbranched alkanes of at least 4 members (excludes halogenated alkanes) is 7. The Morgan fingerprint density at radius 1 is 0.638 bits per heavy atom. The molecule has 0 spiro atoms. The highest BCUT2D eigenvalue weighted by molar-refractivity contribution is 6.08. The number of amides is 2. The van der Waals surface area contributed by atoms with Gasteiger partial charge in [0.25, 0.3) is 11.8 Å². The lowest BCUT2D eigenvalue weighted by molar-refractivity contribution is 0.0912. The molecule has 0 aliphatic heterocycles. The summed E-state index contributed by atoms with van der Waals surface area (Å²) in [7, 11) is 4.04. The van der Waals surface area contributed by atoms with E-state index in [9.17, 15) is 9.59 Å². The molecule has 8 nitrogen and oxygen atoms in total. The zero-order valence-corrected chi connectivity index (χ0v) is 34.8. The standard InChI is InChI=1S/C26H31N3O.C24H29N3O/c1-3-4-5-6-7-8-13-18-29(2)25-17-12-10-15-23(25)26(30)28-22-19-21-14-9-11-16-24(21)27-20-22;1-3-4-5-6-12-17-26(2)27(24(28)20-13-8-7-9-14-20)22-18-21-15-10-11-16-23(21)25-19-22/h4-5,9-12,14-17,19-20H,3,6-8,13,18H2,1-2H3,(H,28,30);7-11,13-16,18-19H,3-6,12,17H2,1-2H3. The Hall–Kier alpha value is -5.86. The van der Waals surface area contributed by atoms with Gasteiger partial charge in [0.1, 0.15) is 0 Å². The molecule has 302 valence electrons. The number of para-hydroxylation sites is 3. The van der Waals surface area contributed by atoms with Crippen molar-refractivity contribution < 1.29 is 9.59 Å². The van der Waals surface area contributed by atoms with Gasteiger partial charge in [-0.15, -0.1) is 0 Å². The van der Waals surface area contributed by atoms with Gasteiger partial charge < -0.3 is 10.2 Å². The maximum atomic E-state index is 13.3. The van der Waals surface area contributed by atoms with Crippen molar-refractivity contribution in [2.45, 2.75) is 78.1 Å². The molecular formula is C50H60N6O2. The summed E-state index contributed by atoms with van der Waals surface area (Å²) in [5, 5.41) is 8.82. The number of rotatable bonds is 19. The topological polar surface area (TPSA) is 81.7 Å². The van der Waals surface area contributed by atoms with Gasteiger partial charge in [-0.3, -0.25) is 19.6 Å². The van der Waals surface area contributed by atoms with E-state index in [1.807, 2.05) is 127 Å². The smallest absolute Gasteiger partial charge is 0.272 e. The van der Waals surface area contributed by atoms with E-state index in [-0.39, 0.29) is 11.8 Å². The van der Waals surface area contributed by atoms with Gasteiger partial charge in [0, 0.05) is 49.2 Å². The summed E-state index contributed by atoms with van der Waals surface area (Å²) in [6.45, 7) is 6.14. The van der Waals surface area contributed by atoms with E-state index < -0.39 is 0 Å². The fourth-order valence-electron chi connectivity index (χ4n) is 6.92. The average molecular weight is 777 g/mol. The molecule has 6 rings (SSSR count). The number of nitrogens with zero attached hydrogens (tertiary/aromatic N) is 5. The van der Waals surface area contributed by atoms with Gasteiger partial charge in [-0.2, -0.15) is 0 Å². The fraction of sp³-hybridized carbons (Fsp3) is 0.320. The molecule has 0 saturated carbocycles. The van der Waals surface area contributed by atoms with Crippen LogP contribution in [0, 0.1) is 0 Å². The number of nitrogens with one attached hydrogen (secondary N) is 1. The third kappa shape index (κ3) is 12.8. The second-order valence-electron chi connectivity index (χ2n) is 14.7. The normalized spacial score (nSPS) is 11.1. The van der Waals surface area contributed by atoms with E-state index in [2.05, 4.69) is 53.2 Å². The molecular weight excluding hydrogens is 717 g/mol. The molecule has 0 radical (unpaired) electrons. The van der Waals surface area contributed by atoms with Crippen LogP contribution in [0.4, 0.5) is 17.1 Å². The van der Waals surface area contributed by atoms with Crippen LogP contribution < -0.4 is 15.2 Å². The molecule has 1 N–H and O–H groups in total. The van der Waals surface area contributed by atoms with Crippen molar-refractivity contribution in [3.05, 3.63) is 151 Å². The first-order valence-corrected chi connectivity index (χ1v) is 21.0. The first kappa shape index (κ1) is 43.3. The predicted molar refractivity (Wildman–Crippen MR) is 244 cm³/mol.